The Morgan fingerprint density at radius 2 is 1.80 bits per heavy atom. The van der Waals surface area contributed by atoms with Gasteiger partial charge < -0.3 is 14.8 Å². The highest BCUT2D eigenvalue weighted by Crippen LogP contribution is 2.38. The van der Waals surface area contributed by atoms with E-state index in [1.54, 1.807) is 23.5 Å². The molecule has 2 aromatic rings. The smallest absolute Gasteiger partial charge is 0.471 e. The summed E-state index contributed by atoms with van der Waals surface area (Å²) in [6.07, 6.45) is -4.63. The van der Waals surface area contributed by atoms with Gasteiger partial charge >= 0.3 is 12.1 Å². The molecule has 0 heterocycles. The maximum Gasteiger partial charge on any atom is 0.471 e. The van der Waals surface area contributed by atoms with Gasteiger partial charge in [0.15, 0.2) is 0 Å². The van der Waals surface area contributed by atoms with Crippen LogP contribution in [0.25, 0.3) is 0 Å². The Morgan fingerprint density at radius 3 is 2.46 bits per heavy atom. The van der Waals surface area contributed by atoms with Gasteiger partial charge in [0.05, 0.1) is 6.10 Å². The second-order valence-corrected chi connectivity index (χ2v) is 14.7. The van der Waals surface area contributed by atoms with Crippen LogP contribution in [-0.4, -0.2) is 32.1 Å². The maximum absolute atomic E-state index is 12.3. The Labute approximate surface area is 207 Å². The molecule has 2 rings (SSSR count). The number of rotatable bonds is 8. The van der Waals surface area contributed by atoms with Gasteiger partial charge in [-0.3, -0.25) is 4.79 Å². The highest BCUT2D eigenvalue weighted by molar-refractivity contribution is 6.74. The topological polar surface area (TPSA) is 58.6 Å². The van der Waals surface area contributed by atoms with Gasteiger partial charge in [0.25, 0.3) is 0 Å². The number of aliphatic hydroxyl groups is 1. The SMILES string of the molecule is CC(C)(C)[Si](C)(C)Oc1ccccc1CCC#Cc1cccc(C(O)CCNC(=O)C(F)(F)F)c1. The van der Waals surface area contributed by atoms with Crippen LogP contribution in [0, 0.1) is 11.8 Å². The highest BCUT2D eigenvalue weighted by Gasteiger charge is 2.39. The van der Waals surface area contributed by atoms with E-state index in [0.29, 0.717) is 17.5 Å². The third kappa shape index (κ3) is 8.75. The number of carbonyl (C=O) groups is 1. The number of hydrogen-bond donors (Lipinski definition) is 2. The first kappa shape index (κ1) is 28.5. The normalized spacial score (nSPS) is 12.9. The molecule has 4 nitrogen and oxygen atoms in total. The van der Waals surface area contributed by atoms with Gasteiger partial charge in [0.2, 0.25) is 8.32 Å². The Kier molecular flexibility index (Phi) is 9.58. The van der Waals surface area contributed by atoms with Crippen molar-refractivity contribution in [2.45, 2.75) is 70.4 Å². The number of aryl methyl sites for hydroxylation is 1. The fourth-order valence-corrected chi connectivity index (χ4v) is 4.07. The predicted octanol–water partition coefficient (Wildman–Crippen LogP) is 6.16. The fourth-order valence-electron chi connectivity index (χ4n) is 3.01. The number of amides is 1. The van der Waals surface area contributed by atoms with Crippen molar-refractivity contribution in [2.75, 3.05) is 6.54 Å². The fraction of sp³-hybridized carbons (Fsp3) is 0.444. The minimum Gasteiger partial charge on any atom is -0.543 e. The lowest BCUT2D eigenvalue weighted by atomic mass is 10.0. The molecule has 0 aliphatic heterocycles. The molecule has 0 fully saturated rings. The molecule has 2 aromatic carbocycles. The van der Waals surface area contributed by atoms with Crippen molar-refractivity contribution in [1.82, 2.24) is 5.32 Å². The maximum atomic E-state index is 12.3. The van der Waals surface area contributed by atoms with E-state index >= 15 is 0 Å². The molecular formula is C27H34F3NO3Si. The largest absolute Gasteiger partial charge is 0.543 e. The van der Waals surface area contributed by atoms with Crippen molar-refractivity contribution in [3.63, 3.8) is 0 Å². The summed E-state index contributed by atoms with van der Waals surface area (Å²) in [6, 6.07) is 15.0. The van der Waals surface area contributed by atoms with Crippen molar-refractivity contribution in [2.24, 2.45) is 0 Å². The lowest BCUT2D eigenvalue weighted by Gasteiger charge is -2.37. The number of hydrogen-bond acceptors (Lipinski definition) is 3. The van der Waals surface area contributed by atoms with Crippen LogP contribution < -0.4 is 9.74 Å². The van der Waals surface area contributed by atoms with E-state index in [-0.39, 0.29) is 18.0 Å². The van der Waals surface area contributed by atoms with Crippen LogP contribution in [0.2, 0.25) is 18.1 Å². The Hall–Kier alpha value is -2.76. The summed E-state index contributed by atoms with van der Waals surface area (Å²) in [5.74, 6) is 5.13. The molecule has 0 spiro atoms. The van der Waals surface area contributed by atoms with Crippen LogP contribution in [0.15, 0.2) is 48.5 Å². The van der Waals surface area contributed by atoms with Gasteiger partial charge in [-0.1, -0.05) is 62.9 Å². The average Bonchev–Trinajstić information content (AvgIpc) is 2.76. The summed E-state index contributed by atoms with van der Waals surface area (Å²) >= 11 is 0. The van der Waals surface area contributed by atoms with E-state index in [4.69, 9.17) is 4.43 Å². The number of nitrogens with one attached hydrogen (secondary N) is 1. The third-order valence-corrected chi connectivity index (χ3v) is 10.5. The van der Waals surface area contributed by atoms with E-state index in [1.165, 1.54) is 0 Å². The number of para-hydroxylation sites is 1. The van der Waals surface area contributed by atoms with E-state index < -0.39 is 26.5 Å². The van der Waals surface area contributed by atoms with Crippen LogP contribution in [0.5, 0.6) is 5.75 Å². The lowest BCUT2D eigenvalue weighted by Crippen LogP contribution is -2.44. The molecule has 0 radical (unpaired) electrons. The predicted molar refractivity (Wildman–Crippen MR) is 135 cm³/mol. The second-order valence-electron chi connectivity index (χ2n) is 9.96. The summed E-state index contributed by atoms with van der Waals surface area (Å²) in [4.78, 5) is 10.9. The van der Waals surface area contributed by atoms with Crippen LogP contribution in [-0.2, 0) is 11.2 Å². The molecule has 190 valence electrons. The summed E-state index contributed by atoms with van der Waals surface area (Å²) in [6.45, 7) is 10.8. The molecule has 8 heteroatoms. The lowest BCUT2D eigenvalue weighted by molar-refractivity contribution is -0.173. The Bertz CT molecular complexity index is 1070. The number of benzene rings is 2. The third-order valence-electron chi connectivity index (χ3n) is 6.13. The Balaban J connectivity index is 1.97. The first-order valence-electron chi connectivity index (χ1n) is 11.6. The summed E-state index contributed by atoms with van der Waals surface area (Å²) in [7, 11) is -1.96. The molecule has 0 saturated carbocycles. The molecule has 0 aliphatic rings. The Morgan fingerprint density at radius 1 is 1.11 bits per heavy atom. The number of aliphatic hydroxyl groups excluding tert-OH is 1. The van der Waals surface area contributed by atoms with Crippen LogP contribution >= 0.6 is 0 Å². The van der Waals surface area contributed by atoms with Gasteiger partial charge in [-0.2, -0.15) is 13.2 Å². The zero-order chi connectivity index (χ0) is 26.3. The molecule has 0 aromatic heterocycles. The summed E-state index contributed by atoms with van der Waals surface area (Å²) in [5, 5.41) is 12.1. The van der Waals surface area contributed by atoms with E-state index in [9.17, 15) is 23.1 Å². The number of alkyl halides is 3. The molecule has 0 bridgehead atoms. The summed E-state index contributed by atoms with van der Waals surface area (Å²) in [5.41, 5.74) is 2.34. The zero-order valence-corrected chi connectivity index (χ0v) is 21.9. The molecule has 2 N–H and O–H groups in total. The molecule has 0 aliphatic carbocycles. The minimum atomic E-state index is -4.93. The standard InChI is InChI=1S/C27H34F3NO3Si/c1-26(2,3)35(4,5)34-24-16-9-8-14-21(24)13-7-6-11-20-12-10-15-22(19-20)23(32)17-18-31-25(33)27(28,29)30/h8-10,12,14-16,19,23,32H,7,13,17-18H2,1-5H3,(H,31,33). The average molecular weight is 506 g/mol. The number of carbonyl (C=O) groups excluding carboxylic acids is 1. The monoisotopic (exact) mass is 505 g/mol. The van der Waals surface area contributed by atoms with Gasteiger partial charge in [-0.15, -0.1) is 0 Å². The zero-order valence-electron chi connectivity index (χ0n) is 20.9. The molecule has 1 unspecified atom stereocenters. The minimum absolute atomic E-state index is 0.0380. The van der Waals surface area contributed by atoms with Crippen LogP contribution in [0.4, 0.5) is 13.2 Å². The summed E-state index contributed by atoms with van der Waals surface area (Å²) < 4.78 is 43.3. The van der Waals surface area contributed by atoms with Crippen molar-refractivity contribution >= 4 is 14.2 Å². The van der Waals surface area contributed by atoms with Crippen LogP contribution in [0.1, 0.15) is 56.4 Å². The molecule has 35 heavy (non-hydrogen) atoms. The van der Waals surface area contributed by atoms with Crippen LogP contribution in [0.3, 0.4) is 0 Å². The van der Waals surface area contributed by atoms with Gasteiger partial charge in [0.1, 0.15) is 5.75 Å². The molecule has 0 saturated heterocycles. The van der Waals surface area contributed by atoms with Crippen molar-refractivity contribution in [3.05, 3.63) is 65.2 Å². The number of halogens is 3. The van der Waals surface area contributed by atoms with Crippen molar-refractivity contribution in [3.8, 4) is 17.6 Å². The van der Waals surface area contributed by atoms with Gasteiger partial charge in [0, 0.05) is 18.5 Å². The van der Waals surface area contributed by atoms with E-state index in [2.05, 4.69) is 51.8 Å². The van der Waals surface area contributed by atoms with Gasteiger partial charge in [-0.25, -0.2) is 0 Å². The van der Waals surface area contributed by atoms with E-state index in [1.807, 2.05) is 24.3 Å². The van der Waals surface area contributed by atoms with Crippen molar-refractivity contribution in [1.29, 1.82) is 0 Å². The quantitative estimate of drug-likeness (QED) is 0.334. The second kappa shape index (κ2) is 11.8. The van der Waals surface area contributed by atoms with Gasteiger partial charge in [-0.05, 0) is 60.3 Å². The van der Waals surface area contributed by atoms with Crippen molar-refractivity contribution < 1.29 is 27.5 Å². The molecule has 1 amide bonds. The first-order chi connectivity index (χ1) is 16.2. The molecule has 1 atom stereocenters. The first-order valence-corrected chi connectivity index (χ1v) is 14.5. The molecular weight excluding hydrogens is 471 g/mol. The highest BCUT2D eigenvalue weighted by atomic mass is 28.4. The van der Waals surface area contributed by atoms with E-state index in [0.717, 1.165) is 17.7 Å².